The van der Waals surface area contributed by atoms with Crippen LogP contribution in [0.5, 0.6) is 5.75 Å². The van der Waals surface area contributed by atoms with Crippen LogP contribution in [0.3, 0.4) is 0 Å². The number of rotatable bonds is 16. The zero-order valence-electron chi connectivity index (χ0n) is 20.4. The van der Waals surface area contributed by atoms with Crippen molar-refractivity contribution in [3.05, 3.63) is 29.8 Å². The summed E-state index contributed by atoms with van der Waals surface area (Å²) in [6.07, 6.45) is -0.848. The quantitative estimate of drug-likeness (QED) is 0.0432. The van der Waals surface area contributed by atoms with Crippen molar-refractivity contribution in [1.29, 1.82) is 0 Å². The van der Waals surface area contributed by atoms with Crippen LogP contribution in [0, 0.1) is 0 Å². The third-order valence-corrected chi connectivity index (χ3v) is 5.51. The van der Waals surface area contributed by atoms with Crippen LogP contribution in [0.4, 0.5) is 0 Å². The van der Waals surface area contributed by atoms with E-state index in [-0.39, 0.29) is 43.3 Å². The molecule has 0 saturated carbocycles. The first-order valence-electron chi connectivity index (χ1n) is 11.4. The molecule has 1 aromatic carbocycles. The molecule has 16 heteroatoms. The Morgan fingerprint density at radius 1 is 0.895 bits per heavy atom. The van der Waals surface area contributed by atoms with E-state index in [9.17, 15) is 39.3 Å². The highest BCUT2D eigenvalue weighted by atomic mass is 32.1. The van der Waals surface area contributed by atoms with Crippen LogP contribution in [0.15, 0.2) is 29.3 Å². The highest BCUT2D eigenvalue weighted by molar-refractivity contribution is 7.80. The van der Waals surface area contributed by atoms with Crippen LogP contribution in [-0.2, 0) is 30.4 Å². The minimum atomic E-state index is -1.67. The Bertz CT molecular complexity index is 1020. The first-order chi connectivity index (χ1) is 17.8. The normalized spacial score (nSPS) is 13.7. The molecule has 38 heavy (non-hydrogen) atoms. The molecule has 0 aliphatic carbocycles. The minimum Gasteiger partial charge on any atom is -0.508 e. The molecule has 0 aliphatic heterocycles. The number of hydrogen-bond acceptors (Lipinski definition) is 9. The molecular formula is C22H33N7O8S. The van der Waals surface area contributed by atoms with Gasteiger partial charge in [-0.15, -0.1) is 0 Å². The molecule has 210 valence electrons. The number of thiol groups is 1. The van der Waals surface area contributed by atoms with Crippen molar-refractivity contribution in [3.63, 3.8) is 0 Å². The Balaban J connectivity index is 3.06. The van der Waals surface area contributed by atoms with Crippen molar-refractivity contribution in [2.75, 3.05) is 12.3 Å². The minimum absolute atomic E-state index is 0.0246. The van der Waals surface area contributed by atoms with Gasteiger partial charge in [0.05, 0.1) is 12.5 Å². The molecule has 3 amide bonds. The number of nitrogens with two attached hydrogens (primary N) is 3. The number of amides is 3. The number of guanidine groups is 1. The summed E-state index contributed by atoms with van der Waals surface area (Å²) in [5.74, 6) is -5.76. The average Bonchev–Trinajstić information content (AvgIpc) is 2.84. The Morgan fingerprint density at radius 2 is 1.45 bits per heavy atom. The Labute approximate surface area is 223 Å². The SMILES string of the molecule is NC(N)=NCCCC(NC(=O)C(CC(=O)O)NC(=O)C(Cc1ccc(O)cc1)NC(=O)C(N)CS)C(=O)O. The van der Waals surface area contributed by atoms with Gasteiger partial charge >= 0.3 is 11.9 Å². The van der Waals surface area contributed by atoms with E-state index in [4.69, 9.17) is 17.2 Å². The Kier molecular flexibility index (Phi) is 13.4. The fraction of sp³-hybridized carbons (Fsp3) is 0.455. The lowest BCUT2D eigenvalue weighted by molar-refractivity contribution is -0.143. The van der Waals surface area contributed by atoms with Crippen molar-refractivity contribution in [3.8, 4) is 5.75 Å². The molecule has 4 atom stereocenters. The van der Waals surface area contributed by atoms with E-state index in [1.807, 2.05) is 0 Å². The van der Waals surface area contributed by atoms with Gasteiger partial charge in [0, 0.05) is 18.7 Å². The van der Waals surface area contributed by atoms with Crippen LogP contribution in [0.1, 0.15) is 24.8 Å². The van der Waals surface area contributed by atoms with Crippen molar-refractivity contribution >= 4 is 48.2 Å². The third kappa shape index (κ3) is 11.8. The second-order valence-electron chi connectivity index (χ2n) is 8.23. The fourth-order valence-corrected chi connectivity index (χ4v) is 3.29. The summed E-state index contributed by atoms with van der Waals surface area (Å²) >= 11 is 3.95. The van der Waals surface area contributed by atoms with Crippen LogP contribution in [0.2, 0.25) is 0 Å². The number of phenolic OH excluding ortho intramolecular Hbond substituents is 1. The number of nitrogens with zero attached hydrogens (tertiary/aromatic N) is 1. The zero-order valence-corrected chi connectivity index (χ0v) is 21.3. The number of aromatic hydroxyl groups is 1. The lowest BCUT2D eigenvalue weighted by atomic mass is 10.0. The number of carboxylic acids is 2. The van der Waals surface area contributed by atoms with Crippen molar-refractivity contribution in [2.24, 2.45) is 22.2 Å². The second-order valence-corrected chi connectivity index (χ2v) is 8.59. The lowest BCUT2D eigenvalue weighted by Gasteiger charge is -2.24. The van der Waals surface area contributed by atoms with Gasteiger partial charge < -0.3 is 48.5 Å². The largest absolute Gasteiger partial charge is 0.508 e. The van der Waals surface area contributed by atoms with E-state index in [1.54, 1.807) is 0 Å². The van der Waals surface area contributed by atoms with Gasteiger partial charge in [-0.3, -0.25) is 24.2 Å². The maximum atomic E-state index is 13.1. The average molecular weight is 556 g/mol. The molecule has 12 N–H and O–H groups in total. The van der Waals surface area contributed by atoms with E-state index < -0.39 is 60.2 Å². The summed E-state index contributed by atoms with van der Waals surface area (Å²) < 4.78 is 0. The molecule has 0 fully saturated rings. The molecule has 0 spiro atoms. The predicted molar refractivity (Wildman–Crippen MR) is 139 cm³/mol. The molecule has 1 rings (SSSR count). The first-order valence-corrected chi connectivity index (χ1v) is 12.0. The van der Waals surface area contributed by atoms with Crippen LogP contribution in [-0.4, -0.2) is 87.4 Å². The second kappa shape index (κ2) is 15.9. The highest BCUT2D eigenvalue weighted by Gasteiger charge is 2.31. The number of aliphatic imine (C=N–C) groups is 1. The summed E-state index contributed by atoms with van der Waals surface area (Å²) in [6, 6.07) is 0.307. The predicted octanol–water partition coefficient (Wildman–Crippen LogP) is -2.74. The number of phenols is 1. The molecule has 0 radical (unpaired) electrons. The monoisotopic (exact) mass is 555 g/mol. The Hall–Kier alpha value is -4.05. The number of carbonyl (C=O) groups excluding carboxylic acids is 3. The maximum Gasteiger partial charge on any atom is 0.326 e. The molecule has 4 unspecified atom stereocenters. The van der Waals surface area contributed by atoms with Gasteiger partial charge in [-0.2, -0.15) is 12.6 Å². The van der Waals surface area contributed by atoms with E-state index >= 15 is 0 Å². The number of carbonyl (C=O) groups is 5. The summed E-state index contributed by atoms with van der Waals surface area (Å²) in [4.78, 5) is 64.9. The maximum absolute atomic E-state index is 13.1. The molecule has 15 nitrogen and oxygen atoms in total. The summed E-state index contributed by atoms with van der Waals surface area (Å²) in [5.41, 5.74) is 16.6. The third-order valence-electron chi connectivity index (χ3n) is 5.11. The van der Waals surface area contributed by atoms with Crippen LogP contribution < -0.4 is 33.2 Å². The van der Waals surface area contributed by atoms with E-state index in [2.05, 4.69) is 33.6 Å². The number of benzene rings is 1. The molecule has 0 heterocycles. The van der Waals surface area contributed by atoms with E-state index in [0.29, 0.717) is 5.56 Å². The van der Waals surface area contributed by atoms with Gasteiger partial charge in [0.15, 0.2) is 5.96 Å². The molecule has 0 bridgehead atoms. The van der Waals surface area contributed by atoms with Crippen molar-refractivity contribution < 1.29 is 39.3 Å². The number of carboxylic acid groups (broad SMARTS) is 2. The van der Waals surface area contributed by atoms with Crippen LogP contribution in [0.25, 0.3) is 0 Å². The lowest BCUT2D eigenvalue weighted by Crippen LogP contribution is -2.58. The molecular weight excluding hydrogens is 522 g/mol. The zero-order chi connectivity index (χ0) is 28.8. The molecule has 0 aliphatic rings. The standard InChI is InChI=1S/C22H33N7O8S/c23-13(10-38)18(33)28-15(8-11-3-5-12(30)6-4-11)19(34)29-16(9-17(31)32)20(35)27-14(21(36)37)2-1-7-26-22(24)25/h3-6,13-16,30,38H,1-2,7-10,23H2,(H,27,35)(H,28,33)(H,29,34)(H,31,32)(H,36,37)(H4,24,25,26). The topological polar surface area (TPSA) is 273 Å². The van der Waals surface area contributed by atoms with Crippen molar-refractivity contribution in [2.45, 2.75) is 49.9 Å². The molecule has 1 aromatic rings. The fourth-order valence-electron chi connectivity index (χ4n) is 3.13. The van der Waals surface area contributed by atoms with Gasteiger partial charge in [0.25, 0.3) is 0 Å². The number of nitrogens with one attached hydrogen (secondary N) is 3. The van der Waals surface area contributed by atoms with E-state index in [1.165, 1.54) is 24.3 Å². The smallest absolute Gasteiger partial charge is 0.326 e. The molecule has 0 saturated heterocycles. The first kappa shape index (κ1) is 32.0. The summed E-state index contributed by atoms with van der Waals surface area (Å²) in [5, 5.41) is 35.1. The summed E-state index contributed by atoms with van der Waals surface area (Å²) in [7, 11) is 0. The number of hydrogen-bond donors (Lipinski definition) is 10. The number of aliphatic carboxylic acids is 2. The Morgan fingerprint density at radius 3 is 1.97 bits per heavy atom. The van der Waals surface area contributed by atoms with E-state index in [0.717, 1.165) is 0 Å². The highest BCUT2D eigenvalue weighted by Crippen LogP contribution is 2.12. The van der Waals surface area contributed by atoms with Gasteiger partial charge in [-0.25, -0.2) is 4.79 Å². The molecule has 0 aromatic heterocycles. The van der Waals surface area contributed by atoms with Gasteiger partial charge in [0.2, 0.25) is 17.7 Å². The van der Waals surface area contributed by atoms with Crippen molar-refractivity contribution in [1.82, 2.24) is 16.0 Å². The van der Waals surface area contributed by atoms with Gasteiger partial charge in [-0.05, 0) is 30.5 Å². The van der Waals surface area contributed by atoms with Gasteiger partial charge in [-0.1, -0.05) is 12.1 Å². The van der Waals surface area contributed by atoms with Crippen LogP contribution >= 0.6 is 12.6 Å². The van der Waals surface area contributed by atoms with Gasteiger partial charge in [0.1, 0.15) is 23.9 Å². The summed E-state index contributed by atoms with van der Waals surface area (Å²) in [6.45, 7) is 0.102.